The molecule has 0 bridgehead atoms. The second-order valence-corrected chi connectivity index (χ2v) is 12.8. The highest BCUT2D eigenvalue weighted by Gasteiger charge is 2.59. The lowest BCUT2D eigenvalue weighted by Crippen LogP contribution is -2.55. The summed E-state index contributed by atoms with van der Waals surface area (Å²) in [6.07, 6.45) is 2.10. The average Bonchev–Trinajstić information content (AvgIpc) is 3.12. The van der Waals surface area contributed by atoms with Gasteiger partial charge in [0, 0.05) is 47.6 Å². The first-order valence-electron chi connectivity index (χ1n) is 12.1. The van der Waals surface area contributed by atoms with Crippen LogP contribution in [0.4, 0.5) is 13.2 Å². The molecular weight excluding hydrogens is 465 g/mol. The summed E-state index contributed by atoms with van der Waals surface area (Å²) in [7, 11) is -2.79. The third-order valence-electron chi connectivity index (χ3n) is 8.66. The Morgan fingerprint density at radius 2 is 1.76 bits per heavy atom. The van der Waals surface area contributed by atoms with Crippen LogP contribution in [0.5, 0.6) is 0 Å². The molecule has 1 spiro atoms. The van der Waals surface area contributed by atoms with Gasteiger partial charge in [-0.3, -0.25) is 9.67 Å². The number of halogens is 3. The quantitative estimate of drug-likeness (QED) is 0.643. The van der Waals surface area contributed by atoms with Crippen LogP contribution in [-0.2, 0) is 22.6 Å². The van der Waals surface area contributed by atoms with E-state index < -0.39 is 21.6 Å². The molecule has 2 aliphatic heterocycles. The van der Waals surface area contributed by atoms with Crippen molar-refractivity contribution in [2.24, 2.45) is 17.3 Å². The Kier molecular flexibility index (Phi) is 4.99. The van der Waals surface area contributed by atoms with Crippen LogP contribution in [0.2, 0.25) is 0 Å². The molecule has 4 fully saturated rings. The maximum absolute atomic E-state index is 13.1. The lowest BCUT2D eigenvalue weighted by molar-refractivity contribution is -0.137. The van der Waals surface area contributed by atoms with Crippen LogP contribution in [0.15, 0.2) is 24.5 Å². The number of nitrogens with zero attached hydrogens (tertiary/aromatic N) is 4. The maximum atomic E-state index is 13.1. The first-order valence-corrected chi connectivity index (χ1v) is 13.9. The molecule has 0 amide bonds. The standard InChI is InChI=1S/C24H29F3N4O2S/c1-2-31-21(10-20(29-31)15-7-16(12-28-11-15)24(25,26)27)22-18-8-17(9-19(18)22)30-5-3-23(4-6-30)13-34(32,33)14-23/h7,10-12,17-19,22H,2-6,8-9,13-14H2,1H3/t17-,18+,19-,22-. The first kappa shape index (κ1) is 22.5. The normalized spacial score (nSPS) is 31.9. The highest BCUT2D eigenvalue weighted by Crippen LogP contribution is 2.64. The van der Waals surface area contributed by atoms with Gasteiger partial charge in [0.2, 0.25) is 0 Å². The molecule has 10 heteroatoms. The smallest absolute Gasteiger partial charge is 0.300 e. The lowest BCUT2D eigenvalue weighted by atomic mass is 9.80. The van der Waals surface area contributed by atoms with Crippen molar-refractivity contribution in [3.05, 3.63) is 35.8 Å². The van der Waals surface area contributed by atoms with Gasteiger partial charge in [-0.15, -0.1) is 0 Å². The molecule has 2 saturated heterocycles. The largest absolute Gasteiger partial charge is 0.417 e. The van der Waals surface area contributed by atoms with Crippen LogP contribution in [0.25, 0.3) is 11.3 Å². The number of piperidine rings is 1. The topological polar surface area (TPSA) is 68.1 Å². The summed E-state index contributed by atoms with van der Waals surface area (Å²) >= 11 is 0. The number of alkyl halides is 3. The Hall–Kier alpha value is -1.94. The van der Waals surface area contributed by atoms with E-state index in [1.54, 1.807) is 0 Å². The van der Waals surface area contributed by atoms with E-state index in [0.717, 1.165) is 56.7 Å². The van der Waals surface area contributed by atoms with Gasteiger partial charge in [-0.05, 0) is 69.7 Å². The minimum Gasteiger partial charge on any atom is -0.300 e. The van der Waals surface area contributed by atoms with E-state index in [9.17, 15) is 21.6 Å². The minimum atomic E-state index is -4.43. The van der Waals surface area contributed by atoms with Crippen LogP contribution in [0.1, 0.15) is 49.8 Å². The van der Waals surface area contributed by atoms with Crippen molar-refractivity contribution in [1.29, 1.82) is 0 Å². The van der Waals surface area contributed by atoms with Gasteiger partial charge in [0.1, 0.15) is 0 Å². The van der Waals surface area contributed by atoms with E-state index in [0.29, 0.717) is 53.1 Å². The third kappa shape index (κ3) is 3.77. The fourth-order valence-corrected chi connectivity index (χ4v) is 9.28. The zero-order chi connectivity index (χ0) is 23.9. The number of fused-ring (bicyclic) bond motifs is 1. The van der Waals surface area contributed by atoms with Gasteiger partial charge in [-0.2, -0.15) is 18.3 Å². The molecule has 4 aliphatic rings. The Bertz CT molecular complexity index is 1190. The van der Waals surface area contributed by atoms with E-state index in [1.165, 1.54) is 6.20 Å². The zero-order valence-electron chi connectivity index (χ0n) is 19.1. The highest BCUT2D eigenvalue weighted by atomic mass is 32.2. The number of sulfone groups is 1. The Morgan fingerprint density at radius 3 is 2.35 bits per heavy atom. The summed E-state index contributed by atoms with van der Waals surface area (Å²) in [5, 5.41) is 4.61. The van der Waals surface area contributed by atoms with Gasteiger partial charge in [0.25, 0.3) is 0 Å². The van der Waals surface area contributed by atoms with Crippen molar-refractivity contribution in [2.75, 3.05) is 24.6 Å². The summed E-state index contributed by atoms with van der Waals surface area (Å²) in [5.74, 6) is 2.36. The summed E-state index contributed by atoms with van der Waals surface area (Å²) in [6.45, 7) is 4.67. The first-order chi connectivity index (χ1) is 16.1. The molecule has 34 heavy (non-hydrogen) atoms. The van der Waals surface area contributed by atoms with Crippen LogP contribution < -0.4 is 0 Å². The Morgan fingerprint density at radius 1 is 1.09 bits per heavy atom. The second kappa shape index (κ2) is 7.53. The molecule has 6 nitrogen and oxygen atoms in total. The summed E-state index contributed by atoms with van der Waals surface area (Å²) in [4.78, 5) is 6.36. The maximum Gasteiger partial charge on any atom is 0.417 e. The molecular formula is C24H29F3N4O2S. The molecule has 0 aromatic carbocycles. The number of aryl methyl sites for hydroxylation is 1. The molecule has 0 unspecified atom stereocenters. The molecule has 4 heterocycles. The van der Waals surface area contributed by atoms with E-state index in [2.05, 4.69) is 15.0 Å². The molecule has 2 aromatic heterocycles. The second-order valence-electron chi connectivity index (χ2n) is 10.8. The van der Waals surface area contributed by atoms with Crippen LogP contribution in [0, 0.1) is 17.3 Å². The molecule has 2 aliphatic carbocycles. The molecule has 184 valence electrons. The molecule has 0 radical (unpaired) electrons. The van der Waals surface area contributed by atoms with Gasteiger partial charge >= 0.3 is 6.18 Å². The van der Waals surface area contributed by atoms with Gasteiger partial charge in [-0.1, -0.05) is 0 Å². The molecule has 2 aromatic rings. The lowest BCUT2D eigenvalue weighted by Gasteiger charge is -2.48. The number of pyridine rings is 1. The predicted octanol–water partition coefficient (Wildman–Crippen LogP) is 3.99. The molecule has 6 rings (SSSR count). The average molecular weight is 495 g/mol. The SMILES string of the molecule is CCn1nc(-c2cncc(C(F)(F)F)c2)cc1[C@H]1[C@@H]2C[C@H](N3CCC4(CC3)CS(=O)(=O)C4)C[C@@H]21. The van der Waals surface area contributed by atoms with E-state index in [1.807, 2.05) is 17.7 Å². The minimum absolute atomic E-state index is 0.0433. The molecule has 4 atom stereocenters. The Balaban J connectivity index is 1.12. The molecule has 2 saturated carbocycles. The summed E-state index contributed by atoms with van der Waals surface area (Å²) < 4.78 is 64.6. The van der Waals surface area contributed by atoms with Crippen molar-refractivity contribution in [2.45, 2.75) is 57.3 Å². The Labute approximate surface area is 197 Å². The van der Waals surface area contributed by atoms with Crippen LogP contribution >= 0.6 is 0 Å². The van der Waals surface area contributed by atoms with Crippen molar-refractivity contribution < 1.29 is 21.6 Å². The van der Waals surface area contributed by atoms with E-state index in [-0.39, 0.29) is 5.41 Å². The van der Waals surface area contributed by atoms with Crippen molar-refractivity contribution in [3.8, 4) is 11.3 Å². The highest BCUT2D eigenvalue weighted by molar-refractivity contribution is 7.92. The zero-order valence-corrected chi connectivity index (χ0v) is 19.9. The predicted molar refractivity (Wildman–Crippen MR) is 121 cm³/mol. The van der Waals surface area contributed by atoms with Gasteiger partial charge in [0.05, 0.1) is 22.8 Å². The number of hydrogen-bond donors (Lipinski definition) is 0. The van der Waals surface area contributed by atoms with Crippen molar-refractivity contribution >= 4 is 9.84 Å². The number of hydrogen-bond acceptors (Lipinski definition) is 5. The number of aromatic nitrogens is 3. The van der Waals surface area contributed by atoms with E-state index in [4.69, 9.17) is 0 Å². The van der Waals surface area contributed by atoms with E-state index >= 15 is 0 Å². The molecule has 0 N–H and O–H groups in total. The van der Waals surface area contributed by atoms with Gasteiger partial charge < -0.3 is 4.90 Å². The van der Waals surface area contributed by atoms with Crippen molar-refractivity contribution in [3.63, 3.8) is 0 Å². The fourth-order valence-electron chi connectivity index (χ4n) is 6.92. The third-order valence-corrected chi connectivity index (χ3v) is 10.8. The summed E-state index contributed by atoms with van der Waals surface area (Å²) in [5.41, 5.74) is 1.36. The van der Waals surface area contributed by atoms with Crippen molar-refractivity contribution in [1.82, 2.24) is 19.7 Å². The van der Waals surface area contributed by atoms with Crippen LogP contribution in [-0.4, -0.2) is 58.7 Å². The monoisotopic (exact) mass is 494 g/mol. The van der Waals surface area contributed by atoms with Gasteiger partial charge in [0.15, 0.2) is 9.84 Å². The number of rotatable bonds is 4. The van der Waals surface area contributed by atoms with Crippen LogP contribution in [0.3, 0.4) is 0 Å². The number of likely N-dealkylation sites (tertiary alicyclic amines) is 1. The summed E-state index contributed by atoms with van der Waals surface area (Å²) in [6, 6.07) is 3.64. The fraction of sp³-hybridized carbons (Fsp3) is 0.667. The van der Waals surface area contributed by atoms with Gasteiger partial charge in [-0.25, -0.2) is 8.42 Å².